The number of nitrogens with one attached hydrogen (secondary N) is 2. The lowest BCUT2D eigenvalue weighted by molar-refractivity contribution is -0.114. The summed E-state index contributed by atoms with van der Waals surface area (Å²) in [5, 5.41) is 11.3. The average molecular weight is 404 g/mol. The molecule has 28 heavy (non-hydrogen) atoms. The van der Waals surface area contributed by atoms with E-state index in [9.17, 15) is 4.79 Å². The number of carbonyl (C=O) groups is 1. The van der Waals surface area contributed by atoms with Crippen LogP contribution < -0.4 is 15.5 Å². The van der Waals surface area contributed by atoms with Crippen LogP contribution in [0.5, 0.6) is 0 Å². The third-order valence-corrected chi connectivity index (χ3v) is 5.59. The van der Waals surface area contributed by atoms with Gasteiger partial charge in [-0.3, -0.25) is 4.79 Å². The van der Waals surface area contributed by atoms with Crippen LogP contribution in [0.2, 0.25) is 5.02 Å². The molecule has 0 spiro atoms. The van der Waals surface area contributed by atoms with Crippen molar-refractivity contribution in [1.82, 2.24) is 9.78 Å². The summed E-state index contributed by atoms with van der Waals surface area (Å²) in [7, 11) is 0. The smallest absolute Gasteiger partial charge is 0.244 e. The first kappa shape index (κ1) is 19.1. The molecule has 1 saturated carbocycles. The fourth-order valence-corrected chi connectivity index (χ4v) is 4.12. The van der Waals surface area contributed by atoms with Gasteiger partial charge in [0.1, 0.15) is 5.82 Å². The number of ether oxygens (including phenoxy) is 1. The van der Waals surface area contributed by atoms with Gasteiger partial charge < -0.3 is 20.3 Å². The Morgan fingerprint density at radius 2 is 2.00 bits per heavy atom. The van der Waals surface area contributed by atoms with Gasteiger partial charge >= 0.3 is 0 Å². The Morgan fingerprint density at radius 1 is 1.21 bits per heavy atom. The van der Waals surface area contributed by atoms with E-state index >= 15 is 0 Å². The van der Waals surface area contributed by atoms with Gasteiger partial charge in [0.2, 0.25) is 5.91 Å². The lowest BCUT2D eigenvalue weighted by Gasteiger charge is -2.30. The van der Waals surface area contributed by atoms with Crippen LogP contribution in [0.25, 0.3) is 0 Å². The Kier molecular flexibility index (Phi) is 6.02. The molecule has 0 unspecified atom stereocenters. The number of anilines is 3. The molecule has 0 radical (unpaired) electrons. The molecule has 1 aliphatic heterocycles. The Hall–Kier alpha value is -2.25. The highest BCUT2D eigenvalue weighted by molar-refractivity contribution is 6.31. The number of amides is 1. The first-order valence-electron chi connectivity index (χ1n) is 9.90. The molecule has 2 heterocycles. The molecule has 2 aliphatic rings. The average Bonchev–Trinajstić information content (AvgIpc) is 3.39. The number of benzene rings is 1. The van der Waals surface area contributed by atoms with Gasteiger partial charge in [0.25, 0.3) is 0 Å². The molecule has 1 amide bonds. The van der Waals surface area contributed by atoms with Crippen LogP contribution in [0.1, 0.15) is 31.7 Å². The molecule has 2 N–H and O–H groups in total. The first-order chi connectivity index (χ1) is 13.7. The molecular weight excluding hydrogens is 378 g/mol. The SMILES string of the molecule is O=C(CNc1cc(Cl)ccc1N1CCOCC1)Nc1ccnn1C1CCCC1. The van der Waals surface area contributed by atoms with E-state index in [0.29, 0.717) is 24.3 Å². The fourth-order valence-electron chi connectivity index (χ4n) is 3.95. The molecule has 1 saturated heterocycles. The summed E-state index contributed by atoms with van der Waals surface area (Å²) in [6.07, 6.45) is 6.43. The van der Waals surface area contributed by atoms with E-state index in [2.05, 4.69) is 20.6 Å². The summed E-state index contributed by atoms with van der Waals surface area (Å²) < 4.78 is 7.38. The second-order valence-corrected chi connectivity index (χ2v) is 7.70. The minimum atomic E-state index is -0.104. The van der Waals surface area contributed by atoms with Crippen molar-refractivity contribution in [3.05, 3.63) is 35.5 Å². The molecule has 2 fully saturated rings. The van der Waals surface area contributed by atoms with Crippen molar-refractivity contribution in [2.45, 2.75) is 31.7 Å². The van der Waals surface area contributed by atoms with E-state index < -0.39 is 0 Å². The highest BCUT2D eigenvalue weighted by atomic mass is 35.5. The number of halogens is 1. The normalized spacial score (nSPS) is 17.7. The molecular formula is C20H26ClN5O2. The Balaban J connectivity index is 1.40. The second kappa shape index (κ2) is 8.84. The van der Waals surface area contributed by atoms with Crippen LogP contribution in [-0.2, 0) is 9.53 Å². The molecule has 0 bridgehead atoms. The molecule has 1 aromatic carbocycles. The van der Waals surface area contributed by atoms with Gasteiger partial charge in [-0.15, -0.1) is 0 Å². The highest BCUT2D eigenvalue weighted by Gasteiger charge is 2.21. The maximum atomic E-state index is 12.5. The van der Waals surface area contributed by atoms with Gasteiger partial charge in [-0.05, 0) is 31.0 Å². The van der Waals surface area contributed by atoms with Crippen LogP contribution in [-0.4, -0.2) is 48.5 Å². The van der Waals surface area contributed by atoms with Crippen molar-refractivity contribution in [2.75, 3.05) is 48.4 Å². The first-order valence-corrected chi connectivity index (χ1v) is 10.3. The van der Waals surface area contributed by atoms with E-state index in [1.54, 1.807) is 6.20 Å². The third-order valence-electron chi connectivity index (χ3n) is 5.36. The molecule has 4 rings (SSSR count). The zero-order valence-corrected chi connectivity index (χ0v) is 16.6. The fraction of sp³-hybridized carbons (Fsp3) is 0.500. The van der Waals surface area contributed by atoms with E-state index in [4.69, 9.17) is 16.3 Å². The van der Waals surface area contributed by atoms with E-state index in [1.165, 1.54) is 12.8 Å². The zero-order chi connectivity index (χ0) is 19.3. The summed E-state index contributed by atoms with van der Waals surface area (Å²) in [5.41, 5.74) is 1.89. The van der Waals surface area contributed by atoms with Gasteiger partial charge in [-0.1, -0.05) is 24.4 Å². The molecule has 1 aliphatic carbocycles. The molecule has 1 aromatic heterocycles. The van der Waals surface area contributed by atoms with E-state index in [1.807, 2.05) is 28.9 Å². The maximum absolute atomic E-state index is 12.5. The summed E-state index contributed by atoms with van der Waals surface area (Å²) in [6.45, 7) is 3.21. The van der Waals surface area contributed by atoms with Gasteiger partial charge in [0.15, 0.2) is 0 Å². The summed E-state index contributed by atoms with van der Waals surface area (Å²) in [5.74, 6) is 0.658. The number of hydrogen-bond donors (Lipinski definition) is 2. The number of aromatic nitrogens is 2. The number of hydrogen-bond acceptors (Lipinski definition) is 5. The van der Waals surface area contributed by atoms with Gasteiger partial charge in [-0.25, -0.2) is 4.68 Å². The van der Waals surface area contributed by atoms with Crippen LogP contribution in [0.15, 0.2) is 30.5 Å². The predicted octanol–water partition coefficient (Wildman–Crippen LogP) is 3.54. The van der Waals surface area contributed by atoms with Crippen molar-refractivity contribution in [3.8, 4) is 0 Å². The van der Waals surface area contributed by atoms with Crippen LogP contribution in [0, 0.1) is 0 Å². The minimum absolute atomic E-state index is 0.104. The molecule has 0 atom stereocenters. The van der Waals surface area contributed by atoms with E-state index in [-0.39, 0.29) is 12.5 Å². The van der Waals surface area contributed by atoms with Crippen LogP contribution in [0.3, 0.4) is 0 Å². The van der Waals surface area contributed by atoms with Crippen molar-refractivity contribution >= 4 is 34.7 Å². The zero-order valence-electron chi connectivity index (χ0n) is 15.9. The number of carbonyl (C=O) groups excluding carboxylic acids is 1. The minimum Gasteiger partial charge on any atom is -0.378 e. The van der Waals surface area contributed by atoms with Crippen LogP contribution >= 0.6 is 11.6 Å². The standard InChI is InChI=1S/C20H26ClN5O2/c21-15-5-6-18(25-9-11-28-12-10-25)17(13-15)22-14-20(27)24-19-7-8-23-26(19)16-3-1-2-4-16/h5-8,13,16,22H,1-4,9-12,14H2,(H,24,27). The van der Waals surface area contributed by atoms with Crippen molar-refractivity contribution in [1.29, 1.82) is 0 Å². The Labute approximate surface area is 170 Å². The van der Waals surface area contributed by atoms with Gasteiger partial charge in [-0.2, -0.15) is 5.10 Å². The van der Waals surface area contributed by atoms with E-state index in [0.717, 1.165) is 43.1 Å². The largest absolute Gasteiger partial charge is 0.378 e. The third kappa shape index (κ3) is 4.42. The summed E-state index contributed by atoms with van der Waals surface area (Å²) in [4.78, 5) is 14.8. The molecule has 2 aromatic rings. The molecule has 150 valence electrons. The van der Waals surface area contributed by atoms with Crippen LogP contribution in [0.4, 0.5) is 17.2 Å². The van der Waals surface area contributed by atoms with Crippen molar-refractivity contribution in [2.24, 2.45) is 0 Å². The van der Waals surface area contributed by atoms with Crippen molar-refractivity contribution < 1.29 is 9.53 Å². The van der Waals surface area contributed by atoms with Gasteiger partial charge in [0, 0.05) is 24.2 Å². The lowest BCUT2D eigenvalue weighted by atomic mass is 10.2. The Bertz CT molecular complexity index is 813. The lowest BCUT2D eigenvalue weighted by Crippen LogP contribution is -2.36. The van der Waals surface area contributed by atoms with Crippen molar-refractivity contribution in [3.63, 3.8) is 0 Å². The van der Waals surface area contributed by atoms with Gasteiger partial charge in [0.05, 0.1) is 43.4 Å². The topological polar surface area (TPSA) is 71.4 Å². The predicted molar refractivity (Wildman–Crippen MR) is 111 cm³/mol. The Morgan fingerprint density at radius 3 is 2.79 bits per heavy atom. The number of nitrogens with zero attached hydrogens (tertiary/aromatic N) is 3. The monoisotopic (exact) mass is 403 g/mol. The summed E-state index contributed by atoms with van der Waals surface area (Å²) in [6, 6.07) is 7.97. The maximum Gasteiger partial charge on any atom is 0.244 e. The number of morpholine rings is 1. The highest BCUT2D eigenvalue weighted by Crippen LogP contribution is 2.32. The molecule has 8 heteroatoms. The quantitative estimate of drug-likeness (QED) is 0.771. The summed E-state index contributed by atoms with van der Waals surface area (Å²) >= 11 is 6.18. The molecule has 7 nitrogen and oxygen atoms in total. The number of rotatable bonds is 6. The second-order valence-electron chi connectivity index (χ2n) is 7.26.